The smallest absolute Gasteiger partial charge is 0.323 e. The quantitative estimate of drug-likeness (QED) is 0.0240. The number of piperidine rings is 5. The summed E-state index contributed by atoms with van der Waals surface area (Å²) >= 11 is 0. The number of aromatic nitrogens is 1. The van der Waals surface area contributed by atoms with Gasteiger partial charge < -0.3 is 54.6 Å². The molecule has 5 N–H and O–H groups in total. The van der Waals surface area contributed by atoms with Crippen LogP contribution in [0.25, 0.3) is 0 Å². The lowest BCUT2D eigenvalue weighted by atomic mass is 9.95. The van der Waals surface area contributed by atoms with E-state index in [0.29, 0.717) is 123 Å². The number of aliphatic carboxylic acids is 1. The van der Waals surface area contributed by atoms with Gasteiger partial charge in [-0.3, -0.25) is 58.0 Å². The van der Waals surface area contributed by atoms with Crippen molar-refractivity contribution < 1.29 is 75.9 Å². The van der Waals surface area contributed by atoms with Gasteiger partial charge in [0.15, 0.2) is 11.4 Å². The number of carboxylic acid groups (broad SMARTS) is 1. The average molecular weight is 1800 g/mol. The van der Waals surface area contributed by atoms with Gasteiger partial charge in [0, 0.05) is 117 Å². The van der Waals surface area contributed by atoms with Crippen LogP contribution in [0.1, 0.15) is 220 Å². The molecule has 8 heterocycles. The number of halogens is 5. The topological polar surface area (TPSA) is 271 Å². The summed E-state index contributed by atoms with van der Waals surface area (Å²) in [6.45, 7) is 22.4. The molecule has 6 aliphatic carbocycles. The summed E-state index contributed by atoms with van der Waals surface area (Å²) in [5.74, 6) is -3.90. The Kier molecular flexibility index (Phi) is 35.3. The Balaban J connectivity index is 0.000000148. The Morgan fingerprint density at radius 3 is 1.39 bits per heavy atom. The molecule has 5 saturated carbocycles. The van der Waals surface area contributed by atoms with Crippen molar-refractivity contribution in [2.75, 3.05) is 26.4 Å². The van der Waals surface area contributed by atoms with Gasteiger partial charge in [0.2, 0.25) is 5.43 Å². The van der Waals surface area contributed by atoms with Crippen molar-refractivity contribution in [1.29, 1.82) is 0 Å². The van der Waals surface area contributed by atoms with Crippen molar-refractivity contribution in [3.05, 3.63) is 219 Å². The number of carbonyl (C=O) groups excluding carboxylic acids is 6. The summed E-state index contributed by atoms with van der Waals surface area (Å²) in [7, 11) is 0. The number of aromatic hydroxyl groups is 1. The molecule has 28 heteroatoms. The summed E-state index contributed by atoms with van der Waals surface area (Å²) in [5, 5.41) is 28.6. The molecule has 5 aromatic carbocycles. The molecule has 11 fully saturated rings. The summed E-state index contributed by atoms with van der Waals surface area (Å²) in [6.07, 6.45) is 23.5. The zero-order valence-corrected chi connectivity index (χ0v) is 76.3. The van der Waals surface area contributed by atoms with Crippen molar-refractivity contribution >= 4 is 66.5 Å². The SMILES string of the molecule is CC(C)NC(C)C.CCOC(=O)C1C2C=CC(C2)N1[C@@H](C)c1ccccc1.CCOC(=O)C1C2CCC(C2)N1Cc1ccccc1.CCOC(=O)C1C2CCC(C2)N1Cc1ccccc1.CCOC(=O)C1NC2CCC1C2.Cl.Cl.O=C(NCc1c(F)cc(F)cc1F)c1cn2c(c(O)c1=O)C(=O)N1[C@H]3CC[C@H](C3)[C@H]1C2.O=C(O)C1C2CCC(C2)N1Cc1ccccc1. The largest absolute Gasteiger partial charge is 0.503 e. The minimum absolute atomic E-state index is 0. The van der Waals surface area contributed by atoms with E-state index in [2.05, 4.69) is 167 Å². The summed E-state index contributed by atoms with van der Waals surface area (Å²) in [6, 6.07) is 46.0. The normalized spacial score (nSPS) is 27.8. The number of hydrogen-bond acceptors (Lipinski definition) is 19. The molecular formula is C99H130Cl2F3N9O14. The molecule has 6 saturated heterocycles. The molecule has 2 amide bonds. The number of esters is 4. The highest BCUT2D eigenvalue weighted by molar-refractivity contribution is 5.99. The van der Waals surface area contributed by atoms with Crippen LogP contribution in [-0.2, 0) is 75.6 Å². The number of carboxylic acids is 1. The van der Waals surface area contributed by atoms with Gasteiger partial charge in [-0.2, -0.15) is 0 Å². The first kappa shape index (κ1) is 98.6. The Morgan fingerprint density at radius 1 is 0.512 bits per heavy atom. The van der Waals surface area contributed by atoms with E-state index in [1.54, 1.807) is 4.90 Å². The number of fused-ring (bicyclic) bond motifs is 16. The highest BCUT2D eigenvalue weighted by Gasteiger charge is 2.55. The van der Waals surface area contributed by atoms with E-state index in [4.69, 9.17) is 18.9 Å². The van der Waals surface area contributed by atoms with Gasteiger partial charge >= 0.3 is 29.8 Å². The Morgan fingerprint density at radius 2 is 0.945 bits per heavy atom. The Labute approximate surface area is 757 Å². The number of pyridine rings is 1. The maximum Gasteiger partial charge on any atom is 0.323 e. The predicted molar refractivity (Wildman–Crippen MR) is 483 cm³/mol. The second-order valence-electron chi connectivity index (χ2n) is 36.3. The second kappa shape index (κ2) is 45.5. The molecule has 19 rings (SSSR count). The van der Waals surface area contributed by atoms with Crippen LogP contribution < -0.4 is 21.4 Å². The summed E-state index contributed by atoms with van der Waals surface area (Å²) < 4.78 is 62.8. The molecule has 127 heavy (non-hydrogen) atoms. The third-order valence-corrected chi connectivity index (χ3v) is 27.7. The molecule has 15 unspecified atom stereocenters. The van der Waals surface area contributed by atoms with E-state index in [0.717, 1.165) is 71.0 Å². The predicted octanol–water partition coefficient (Wildman–Crippen LogP) is 15.1. The molecule has 6 aromatic rings. The van der Waals surface area contributed by atoms with Crippen LogP contribution in [0.3, 0.4) is 0 Å². The van der Waals surface area contributed by atoms with Crippen LogP contribution in [0, 0.1) is 53.0 Å². The lowest BCUT2D eigenvalue weighted by molar-refractivity contribution is -0.152. The molecule has 1 aromatic heterocycles. The average Bonchev–Trinajstić information content (AvgIpc) is 1.63. The van der Waals surface area contributed by atoms with Crippen LogP contribution in [0.4, 0.5) is 13.2 Å². The fourth-order valence-electron chi connectivity index (χ4n) is 22.5. The first-order valence-corrected chi connectivity index (χ1v) is 45.8. The van der Waals surface area contributed by atoms with E-state index >= 15 is 0 Å². The van der Waals surface area contributed by atoms with Gasteiger partial charge in [0.05, 0.1) is 32.5 Å². The monoisotopic (exact) mass is 1800 g/mol. The van der Waals surface area contributed by atoms with Gasteiger partial charge in [-0.25, -0.2) is 13.2 Å². The summed E-state index contributed by atoms with van der Waals surface area (Å²) in [5.41, 5.74) is 2.82. The highest BCUT2D eigenvalue weighted by Crippen LogP contribution is 2.49. The van der Waals surface area contributed by atoms with Gasteiger partial charge in [0.1, 0.15) is 53.2 Å². The molecule has 13 aliphatic rings. The fraction of sp³-hybridized carbons (Fsp3) is 0.556. The molecule has 19 atom stereocenters. The molecule has 0 radical (unpaired) electrons. The van der Waals surface area contributed by atoms with Gasteiger partial charge in [-0.1, -0.05) is 161 Å². The van der Waals surface area contributed by atoms with E-state index in [-0.39, 0.29) is 103 Å². The first-order chi connectivity index (χ1) is 60.2. The van der Waals surface area contributed by atoms with Gasteiger partial charge in [0.25, 0.3) is 11.8 Å². The minimum Gasteiger partial charge on any atom is -0.503 e. The molecule has 690 valence electrons. The number of hydrogen-bond donors (Lipinski definition) is 5. The van der Waals surface area contributed by atoms with Crippen molar-refractivity contribution in [3.63, 3.8) is 0 Å². The number of amides is 2. The van der Waals surface area contributed by atoms with Gasteiger partial charge in [-0.15, -0.1) is 24.8 Å². The van der Waals surface area contributed by atoms with Crippen LogP contribution in [0.15, 0.2) is 157 Å². The number of nitrogens with zero attached hydrogens (tertiary/aromatic N) is 6. The maximum atomic E-state index is 13.8. The van der Waals surface area contributed by atoms with E-state index < -0.39 is 64.1 Å². The third kappa shape index (κ3) is 23.2. The number of carbonyl (C=O) groups is 7. The number of nitrogens with one attached hydrogen (secondary N) is 3. The number of rotatable bonds is 22. The second-order valence-corrected chi connectivity index (χ2v) is 36.3. The molecule has 0 spiro atoms. The standard InChI is InChI=1S/C21H18F3N3O4.C17H21NO2.2C16H21NO2.C14H17NO2.C9H15NO2.C6H15N.2ClH/c22-10-4-14(23)12(15(24)5-10)6-25-20(30)13-7-26-8-16-9-1-2-11(3-9)27(16)21(31)17(26)19(29)18(13)28;1-3-20-17(19)16-14-9-10-15(11-14)18(16)12(2)13-7-5-4-6-8-13;2*1-2-19-16(18)15-13-8-9-14(10-13)17(15)11-12-6-4-3-5-7-12;16-14(17)13-11-6-7-12(8-11)15(13)9-10-4-2-1-3-5-10;1-2-12-9(11)8-6-3-4-7(5-6)10-8;1-5(2)7-6(3)4;;/h4-5,7,9,11,16,29H,1-3,6,8H2,(H,25,30);4-10,12,14-16H,3,11H2,1-2H3;2*3-7,13-15H,2,8-11H2,1H3;1-5,11-13H,6-9H2,(H,16,17);6-8,10H,2-5H2,1H3;5-7H,1-4H3;2*1H/t9-,11+,16-;12-,14?,15?,16?;;;;;;;/m10......./s1. The third-order valence-electron chi connectivity index (χ3n) is 27.7. The minimum atomic E-state index is -1.18. The Hall–Kier alpha value is -8.99. The summed E-state index contributed by atoms with van der Waals surface area (Å²) in [4.78, 5) is 108. The maximum absolute atomic E-state index is 13.8. The van der Waals surface area contributed by atoms with Crippen LogP contribution in [-0.4, -0.2) is 192 Å². The van der Waals surface area contributed by atoms with Crippen LogP contribution in [0.2, 0.25) is 0 Å². The van der Waals surface area contributed by atoms with E-state index in [9.17, 15) is 61.7 Å². The molecule has 12 bridgehead atoms. The fourth-order valence-corrected chi connectivity index (χ4v) is 22.5. The Bertz CT molecular complexity index is 4660. The molecule has 7 aliphatic heterocycles. The van der Waals surface area contributed by atoms with Crippen molar-refractivity contribution in [2.24, 2.45) is 35.5 Å². The number of likely N-dealkylation sites (tertiary alicyclic amines) is 4. The van der Waals surface area contributed by atoms with Crippen LogP contribution in [0.5, 0.6) is 5.75 Å². The van der Waals surface area contributed by atoms with Crippen LogP contribution >= 0.6 is 24.8 Å². The van der Waals surface area contributed by atoms with Crippen molar-refractivity contribution in [1.82, 2.24) is 45.0 Å². The lowest BCUT2D eigenvalue weighted by Crippen LogP contribution is -2.52. The zero-order valence-electron chi connectivity index (χ0n) is 74.7. The number of ether oxygens (including phenoxy) is 4. The zero-order chi connectivity index (χ0) is 88.9. The van der Waals surface area contributed by atoms with Crippen molar-refractivity contribution in [3.8, 4) is 5.75 Å². The molecular weight excluding hydrogens is 1670 g/mol. The van der Waals surface area contributed by atoms with E-state index in [1.165, 1.54) is 84.4 Å². The number of benzene rings is 5. The first-order valence-electron chi connectivity index (χ1n) is 45.8. The van der Waals surface area contributed by atoms with Gasteiger partial charge in [-0.05, 0) is 189 Å². The van der Waals surface area contributed by atoms with Crippen molar-refractivity contribution in [2.45, 2.75) is 288 Å². The van der Waals surface area contributed by atoms with E-state index in [1.807, 2.05) is 64.1 Å². The lowest BCUT2D eigenvalue weighted by Gasteiger charge is -2.40. The molecule has 23 nitrogen and oxygen atoms in total. The highest BCUT2D eigenvalue weighted by atomic mass is 35.5.